The summed E-state index contributed by atoms with van der Waals surface area (Å²) in [5.41, 5.74) is 0. The van der Waals surface area contributed by atoms with Gasteiger partial charge in [0.1, 0.15) is 0 Å². The highest BCUT2D eigenvalue weighted by Crippen LogP contribution is 2.23. The Kier molecular flexibility index (Phi) is 10.0. The SMILES string of the molecule is CC[Si](CC)(OCCCC(C)C)OC(C)CC(C)C. The number of rotatable bonds is 11. The van der Waals surface area contributed by atoms with Gasteiger partial charge >= 0.3 is 8.56 Å². The van der Waals surface area contributed by atoms with Gasteiger partial charge < -0.3 is 8.85 Å². The van der Waals surface area contributed by atoms with Gasteiger partial charge in [0.2, 0.25) is 0 Å². The third-order valence-electron chi connectivity index (χ3n) is 3.59. The zero-order valence-corrected chi connectivity index (χ0v) is 15.3. The van der Waals surface area contributed by atoms with Gasteiger partial charge in [-0.25, -0.2) is 0 Å². The standard InChI is InChI=1S/C16H36O2Si/c1-8-19(9-2,17-12-10-11-14(3)4)18-16(7)13-15(5)6/h14-16H,8-13H2,1-7H3. The van der Waals surface area contributed by atoms with E-state index in [1.54, 1.807) is 0 Å². The summed E-state index contributed by atoms with van der Waals surface area (Å²) >= 11 is 0. The second-order valence-electron chi connectivity index (χ2n) is 6.56. The molecule has 0 aliphatic heterocycles. The Hall–Kier alpha value is 0.137. The average Bonchev–Trinajstić information content (AvgIpc) is 2.32. The van der Waals surface area contributed by atoms with Crippen molar-refractivity contribution in [2.75, 3.05) is 6.61 Å². The quantitative estimate of drug-likeness (QED) is 0.376. The molecule has 3 heteroatoms. The highest BCUT2D eigenvalue weighted by atomic mass is 28.4. The van der Waals surface area contributed by atoms with Gasteiger partial charge in [-0.2, -0.15) is 0 Å². The van der Waals surface area contributed by atoms with Crippen molar-refractivity contribution in [2.24, 2.45) is 11.8 Å². The van der Waals surface area contributed by atoms with Gasteiger partial charge in [-0.3, -0.25) is 0 Å². The summed E-state index contributed by atoms with van der Waals surface area (Å²) in [6, 6.07) is 2.13. The topological polar surface area (TPSA) is 18.5 Å². The highest BCUT2D eigenvalue weighted by molar-refractivity contribution is 6.67. The van der Waals surface area contributed by atoms with Crippen LogP contribution >= 0.6 is 0 Å². The lowest BCUT2D eigenvalue weighted by Gasteiger charge is -2.32. The maximum absolute atomic E-state index is 6.37. The van der Waals surface area contributed by atoms with Crippen molar-refractivity contribution in [1.82, 2.24) is 0 Å². The van der Waals surface area contributed by atoms with Gasteiger partial charge in [0.15, 0.2) is 0 Å². The van der Waals surface area contributed by atoms with Crippen molar-refractivity contribution in [3.05, 3.63) is 0 Å². The van der Waals surface area contributed by atoms with Gasteiger partial charge in [-0.15, -0.1) is 0 Å². The molecule has 1 unspecified atom stereocenters. The first-order valence-corrected chi connectivity index (χ1v) is 10.4. The van der Waals surface area contributed by atoms with Crippen molar-refractivity contribution in [2.45, 2.75) is 85.9 Å². The Morgan fingerprint density at radius 2 is 1.47 bits per heavy atom. The number of hydrogen-bond donors (Lipinski definition) is 0. The Morgan fingerprint density at radius 3 is 1.89 bits per heavy atom. The van der Waals surface area contributed by atoms with Crippen LogP contribution in [-0.4, -0.2) is 21.3 Å². The van der Waals surface area contributed by atoms with Crippen molar-refractivity contribution >= 4 is 8.56 Å². The molecule has 0 amide bonds. The van der Waals surface area contributed by atoms with Crippen LogP contribution in [0.3, 0.4) is 0 Å². The van der Waals surface area contributed by atoms with Gasteiger partial charge in [0.05, 0.1) is 0 Å². The molecule has 0 fully saturated rings. The van der Waals surface area contributed by atoms with E-state index >= 15 is 0 Å². The third-order valence-corrected chi connectivity index (χ3v) is 7.30. The molecule has 0 aromatic heterocycles. The third kappa shape index (κ3) is 8.82. The van der Waals surface area contributed by atoms with E-state index in [1.165, 1.54) is 6.42 Å². The molecule has 0 aromatic rings. The van der Waals surface area contributed by atoms with Crippen LogP contribution < -0.4 is 0 Å². The van der Waals surface area contributed by atoms with Crippen molar-refractivity contribution in [3.63, 3.8) is 0 Å². The summed E-state index contributed by atoms with van der Waals surface area (Å²) in [6.07, 6.45) is 3.87. The molecule has 1 atom stereocenters. The highest BCUT2D eigenvalue weighted by Gasteiger charge is 2.35. The van der Waals surface area contributed by atoms with E-state index in [4.69, 9.17) is 8.85 Å². The Balaban J connectivity index is 4.24. The van der Waals surface area contributed by atoms with Crippen molar-refractivity contribution < 1.29 is 8.85 Å². The molecule has 0 heterocycles. The van der Waals surface area contributed by atoms with Crippen LogP contribution in [-0.2, 0) is 8.85 Å². The van der Waals surface area contributed by atoms with E-state index in [0.29, 0.717) is 12.0 Å². The minimum atomic E-state index is -1.95. The summed E-state index contributed by atoms with van der Waals surface area (Å²) in [7, 11) is -1.95. The Morgan fingerprint density at radius 1 is 0.895 bits per heavy atom. The first-order chi connectivity index (χ1) is 8.85. The predicted octanol–water partition coefficient (Wildman–Crippen LogP) is 5.37. The fraction of sp³-hybridized carbons (Fsp3) is 1.00. The minimum Gasteiger partial charge on any atom is -0.394 e. The second kappa shape index (κ2) is 9.95. The van der Waals surface area contributed by atoms with E-state index in [9.17, 15) is 0 Å². The average molecular weight is 289 g/mol. The molecule has 0 radical (unpaired) electrons. The van der Waals surface area contributed by atoms with E-state index < -0.39 is 8.56 Å². The fourth-order valence-electron chi connectivity index (χ4n) is 2.48. The van der Waals surface area contributed by atoms with Crippen molar-refractivity contribution in [1.29, 1.82) is 0 Å². The smallest absolute Gasteiger partial charge is 0.337 e. The van der Waals surface area contributed by atoms with Crippen LogP contribution in [0, 0.1) is 11.8 Å². The van der Waals surface area contributed by atoms with Gasteiger partial charge in [0.25, 0.3) is 0 Å². The molecule has 0 bridgehead atoms. The molecule has 0 saturated carbocycles. The molecule has 0 rings (SSSR count). The lowest BCUT2D eigenvalue weighted by Crippen LogP contribution is -2.44. The largest absolute Gasteiger partial charge is 0.394 e. The number of hydrogen-bond acceptors (Lipinski definition) is 2. The second-order valence-corrected chi connectivity index (χ2v) is 10.3. The van der Waals surface area contributed by atoms with Crippen LogP contribution in [0.4, 0.5) is 0 Å². The molecule has 0 aliphatic carbocycles. The van der Waals surface area contributed by atoms with Gasteiger partial charge in [-0.1, -0.05) is 41.5 Å². The predicted molar refractivity (Wildman–Crippen MR) is 86.7 cm³/mol. The first kappa shape index (κ1) is 19.1. The van der Waals surface area contributed by atoms with Crippen LogP contribution in [0.2, 0.25) is 12.1 Å². The molecular weight excluding hydrogens is 252 g/mol. The summed E-state index contributed by atoms with van der Waals surface area (Å²) in [5.74, 6) is 1.46. The van der Waals surface area contributed by atoms with E-state index in [1.807, 2.05) is 0 Å². The fourth-order valence-corrected chi connectivity index (χ4v) is 5.14. The Bertz CT molecular complexity index is 213. The van der Waals surface area contributed by atoms with E-state index in [-0.39, 0.29) is 0 Å². The molecule has 0 N–H and O–H groups in total. The summed E-state index contributed by atoms with van der Waals surface area (Å²) in [6.45, 7) is 16.6. The molecular formula is C16H36O2Si. The van der Waals surface area contributed by atoms with Crippen LogP contribution in [0.1, 0.15) is 67.7 Å². The maximum Gasteiger partial charge on any atom is 0.337 e. The molecule has 0 aromatic carbocycles. The molecule has 116 valence electrons. The molecule has 0 saturated heterocycles. The van der Waals surface area contributed by atoms with Crippen LogP contribution in [0.25, 0.3) is 0 Å². The van der Waals surface area contributed by atoms with Gasteiger partial charge in [0, 0.05) is 12.7 Å². The minimum absolute atomic E-state index is 0.330. The van der Waals surface area contributed by atoms with E-state index in [2.05, 4.69) is 48.5 Å². The Labute approximate surface area is 122 Å². The normalized spacial score (nSPS) is 14.4. The maximum atomic E-state index is 6.37. The molecule has 0 spiro atoms. The molecule has 2 nitrogen and oxygen atoms in total. The van der Waals surface area contributed by atoms with Crippen molar-refractivity contribution in [3.8, 4) is 0 Å². The first-order valence-electron chi connectivity index (χ1n) is 8.17. The zero-order chi connectivity index (χ0) is 14.9. The molecule has 19 heavy (non-hydrogen) atoms. The summed E-state index contributed by atoms with van der Waals surface area (Å²) in [5, 5.41) is 0. The monoisotopic (exact) mass is 288 g/mol. The zero-order valence-electron chi connectivity index (χ0n) is 14.3. The lowest BCUT2D eigenvalue weighted by atomic mass is 10.1. The van der Waals surface area contributed by atoms with E-state index in [0.717, 1.165) is 37.5 Å². The molecule has 0 aliphatic rings. The van der Waals surface area contributed by atoms with Gasteiger partial charge in [-0.05, 0) is 50.1 Å². The van der Waals surface area contributed by atoms with Crippen LogP contribution in [0.15, 0.2) is 0 Å². The lowest BCUT2D eigenvalue weighted by molar-refractivity contribution is 0.107. The summed E-state index contributed by atoms with van der Waals surface area (Å²) < 4.78 is 12.6. The van der Waals surface area contributed by atoms with Crippen LogP contribution in [0.5, 0.6) is 0 Å². The summed E-state index contributed by atoms with van der Waals surface area (Å²) in [4.78, 5) is 0.